The lowest BCUT2D eigenvalue weighted by Gasteiger charge is -2.11. The summed E-state index contributed by atoms with van der Waals surface area (Å²) in [5.74, 6) is -0.228. The summed E-state index contributed by atoms with van der Waals surface area (Å²) in [6, 6.07) is 6.29. The molecule has 2 aromatic rings. The summed E-state index contributed by atoms with van der Waals surface area (Å²) >= 11 is 29.7. The van der Waals surface area contributed by atoms with Crippen molar-refractivity contribution in [1.29, 1.82) is 0 Å². The van der Waals surface area contributed by atoms with Gasteiger partial charge in [0.2, 0.25) is 0 Å². The Morgan fingerprint density at radius 1 is 0.722 bits per heavy atom. The van der Waals surface area contributed by atoms with Gasteiger partial charge in [-0.2, -0.15) is 0 Å². The minimum absolute atomic E-state index is 0.0610. The first kappa shape index (κ1) is 14.1. The third kappa shape index (κ3) is 2.66. The Bertz CT molecular complexity index is 604. The monoisotopic (exact) mass is 340 g/mol. The number of rotatable bonds is 1. The second kappa shape index (κ2) is 5.36. The molecule has 94 valence electrons. The van der Waals surface area contributed by atoms with Crippen LogP contribution in [0.1, 0.15) is 0 Å². The van der Waals surface area contributed by atoms with Crippen molar-refractivity contribution < 1.29 is 5.11 Å². The largest absolute Gasteiger partial charge is 0.505 e. The lowest BCUT2D eigenvalue weighted by Crippen LogP contribution is -1.84. The Morgan fingerprint density at radius 2 is 1.28 bits per heavy atom. The molecule has 0 fully saturated rings. The predicted octanol–water partition coefficient (Wildman–Crippen LogP) is 6.33. The second-order valence-corrected chi connectivity index (χ2v) is 5.60. The van der Waals surface area contributed by atoms with Crippen LogP contribution in [0, 0.1) is 0 Å². The number of hydrogen-bond donors (Lipinski definition) is 1. The van der Waals surface area contributed by atoms with Crippen molar-refractivity contribution in [2.45, 2.75) is 0 Å². The molecule has 0 aromatic heterocycles. The lowest BCUT2D eigenvalue weighted by atomic mass is 10.1. The standard InChI is InChI=1S/C12H5Cl5O/c13-6-1-5(2-7(14)3-6)10-8(15)4-9(16)12(18)11(10)17/h1-4,18H. The van der Waals surface area contributed by atoms with E-state index in [-0.39, 0.29) is 15.8 Å². The van der Waals surface area contributed by atoms with Gasteiger partial charge in [-0.25, -0.2) is 0 Å². The van der Waals surface area contributed by atoms with Gasteiger partial charge >= 0.3 is 0 Å². The molecule has 0 atom stereocenters. The molecule has 6 heteroatoms. The zero-order chi connectivity index (χ0) is 13.4. The average molecular weight is 342 g/mol. The van der Waals surface area contributed by atoms with Crippen LogP contribution in [0.2, 0.25) is 25.1 Å². The Hall–Kier alpha value is -0.310. The fraction of sp³-hybridized carbons (Fsp3) is 0. The Balaban J connectivity index is 2.75. The second-order valence-electron chi connectivity index (χ2n) is 3.54. The molecule has 18 heavy (non-hydrogen) atoms. The van der Waals surface area contributed by atoms with E-state index in [9.17, 15) is 5.11 Å². The van der Waals surface area contributed by atoms with Crippen LogP contribution in [0.15, 0.2) is 24.3 Å². The number of phenolic OH excluding ortho intramolecular Hbond substituents is 1. The van der Waals surface area contributed by atoms with Crippen LogP contribution in [0.5, 0.6) is 5.75 Å². The van der Waals surface area contributed by atoms with Crippen molar-refractivity contribution in [2.75, 3.05) is 0 Å². The zero-order valence-electron chi connectivity index (χ0n) is 8.65. The maximum absolute atomic E-state index is 9.72. The van der Waals surface area contributed by atoms with E-state index in [1.54, 1.807) is 18.2 Å². The summed E-state index contributed by atoms with van der Waals surface area (Å²) in [4.78, 5) is 0. The van der Waals surface area contributed by atoms with Crippen LogP contribution in [0.3, 0.4) is 0 Å². The van der Waals surface area contributed by atoms with E-state index in [0.717, 1.165) is 0 Å². The summed E-state index contributed by atoms with van der Waals surface area (Å²) in [5.41, 5.74) is 1.04. The fourth-order valence-corrected chi connectivity index (χ4v) is 3.05. The topological polar surface area (TPSA) is 20.2 Å². The molecule has 2 aromatic carbocycles. The smallest absolute Gasteiger partial charge is 0.153 e. The van der Waals surface area contributed by atoms with Crippen molar-refractivity contribution in [3.05, 3.63) is 49.4 Å². The van der Waals surface area contributed by atoms with Gasteiger partial charge in [0.25, 0.3) is 0 Å². The van der Waals surface area contributed by atoms with Gasteiger partial charge in [0.05, 0.1) is 15.1 Å². The Morgan fingerprint density at radius 3 is 1.83 bits per heavy atom. The first-order valence-corrected chi connectivity index (χ1v) is 6.62. The molecule has 0 bridgehead atoms. The average Bonchev–Trinajstić information content (AvgIpc) is 2.24. The zero-order valence-corrected chi connectivity index (χ0v) is 12.4. The number of benzene rings is 2. The third-order valence-electron chi connectivity index (χ3n) is 2.30. The number of hydrogen-bond acceptors (Lipinski definition) is 1. The maximum atomic E-state index is 9.72. The van der Waals surface area contributed by atoms with Gasteiger partial charge in [-0.15, -0.1) is 0 Å². The molecular formula is C12H5Cl5O. The molecule has 1 nitrogen and oxygen atoms in total. The molecule has 0 saturated heterocycles. The minimum atomic E-state index is -0.228. The first-order chi connectivity index (χ1) is 8.40. The SMILES string of the molecule is Oc1c(Cl)cc(Cl)c(-c2cc(Cl)cc(Cl)c2)c1Cl. The van der Waals surface area contributed by atoms with Gasteiger partial charge < -0.3 is 5.11 Å². The normalized spacial score (nSPS) is 10.7. The molecule has 0 saturated carbocycles. The maximum Gasteiger partial charge on any atom is 0.153 e. The van der Waals surface area contributed by atoms with Gasteiger partial charge in [-0.3, -0.25) is 0 Å². The van der Waals surface area contributed by atoms with Crippen LogP contribution in [-0.4, -0.2) is 5.11 Å². The predicted molar refractivity (Wildman–Crippen MR) is 78.6 cm³/mol. The van der Waals surface area contributed by atoms with Crippen LogP contribution >= 0.6 is 58.0 Å². The van der Waals surface area contributed by atoms with E-state index in [2.05, 4.69) is 0 Å². The summed E-state index contributed by atoms with van der Waals surface area (Å²) in [6.45, 7) is 0. The number of aromatic hydroxyl groups is 1. The highest BCUT2D eigenvalue weighted by Crippen LogP contribution is 2.45. The van der Waals surface area contributed by atoms with Crippen molar-refractivity contribution in [2.24, 2.45) is 0 Å². The molecule has 0 spiro atoms. The van der Waals surface area contributed by atoms with Gasteiger partial charge in [-0.05, 0) is 29.8 Å². The van der Waals surface area contributed by atoms with Crippen LogP contribution in [0.4, 0.5) is 0 Å². The van der Waals surface area contributed by atoms with E-state index in [4.69, 9.17) is 58.0 Å². The van der Waals surface area contributed by atoms with Gasteiger partial charge in [0.15, 0.2) is 5.75 Å². The Labute approximate surface area is 129 Å². The highest BCUT2D eigenvalue weighted by atomic mass is 35.5. The van der Waals surface area contributed by atoms with E-state index >= 15 is 0 Å². The van der Waals surface area contributed by atoms with Crippen molar-refractivity contribution in [3.8, 4) is 16.9 Å². The van der Waals surface area contributed by atoms with E-state index in [1.165, 1.54) is 6.07 Å². The van der Waals surface area contributed by atoms with Crippen molar-refractivity contribution >= 4 is 58.0 Å². The molecule has 1 N–H and O–H groups in total. The van der Waals surface area contributed by atoms with Crippen LogP contribution < -0.4 is 0 Å². The summed E-state index contributed by atoms with van der Waals surface area (Å²) < 4.78 is 0. The van der Waals surface area contributed by atoms with E-state index in [1.807, 2.05) is 0 Å². The molecule has 0 aliphatic heterocycles. The van der Waals surface area contributed by atoms with Crippen molar-refractivity contribution in [1.82, 2.24) is 0 Å². The van der Waals surface area contributed by atoms with Gasteiger partial charge in [0.1, 0.15) is 0 Å². The van der Waals surface area contributed by atoms with Gasteiger partial charge in [-0.1, -0.05) is 58.0 Å². The van der Waals surface area contributed by atoms with Crippen LogP contribution in [0.25, 0.3) is 11.1 Å². The lowest BCUT2D eigenvalue weighted by molar-refractivity contribution is 0.476. The molecule has 0 heterocycles. The minimum Gasteiger partial charge on any atom is -0.505 e. The van der Waals surface area contributed by atoms with E-state index < -0.39 is 0 Å². The number of phenols is 1. The highest BCUT2D eigenvalue weighted by Gasteiger charge is 2.16. The molecule has 0 aliphatic carbocycles. The number of halogens is 5. The fourth-order valence-electron chi connectivity index (χ4n) is 1.54. The molecule has 2 rings (SSSR count). The third-order valence-corrected chi connectivity index (χ3v) is 3.69. The van der Waals surface area contributed by atoms with E-state index in [0.29, 0.717) is 26.2 Å². The summed E-state index contributed by atoms with van der Waals surface area (Å²) in [7, 11) is 0. The molecule has 0 aliphatic rings. The van der Waals surface area contributed by atoms with Crippen LogP contribution in [-0.2, 0) is 0 Å². The molecular weight excluding hydrogens is 337 g/mol. The summed E-state index contributed by atoms with van der Waals surface area (Å²) in [6.07, 6.45) is 0. The molecule has 0 amide bonds. The molecule has 0 unspecified atom stereocenters. The highest BCUT2D eigenvalue weighted by molar-refractivity contribution is 6.43. The van der Waals surface area contributed by atoms with Gasteiger partial charge in [0, 0.05) is 15.6 Å². The molecule has 0 radical (unpaired) electrons. The quantitative estimate of drug-likeness (QED) is 0.642. The Kier molecular flexibility index (Phi) is 4.20. The summed E-state index contributed by atoms with van der Waals surface area (Å²) in [5, 5.41) is 11.1. The van der Waals surface area contributed by atoms with Crippen molar-refractivity contribution in [3.63, 3.8) is 0 Å². The first-order valence-electron chi connectivity index (χ1n) is 4.73.